The predicted molar refractivity (Wildman–Crippen MR) is 90.8 cm³/mol. The topological polar surface area (TPSA) is 38.9 Å². The Morgan fingerprint density at radius 2 is 1.70 bits per heavy atom. The molecule has 1 heterocycles. The fraction of sp³-hybridized carbons (Fsp3) is 0.312. The molecule has 0 aliphatic heterocycles. The molecule has 0 radical (unpaired) electrons. The van der Waals surface area contributed by atoms with Gasteiger partial charge in [0.05, 0.1) is 11.7 Å². The minimum atomic E-state index is -0.230. The average Bonchev–Trinajstić information content (AvgIpc) is 2.37. The van der Waals surface area contributed by atoms with E-state index in [1.54, 1.807) is 6.20 Å². The van der Waals surface area contributed by atoms with Gasteiger partial charge in [-0.2, -0.15) is 0 Å². The predicted octanol–water partition coefficient (Wildman–Crippen LogP) is 4.95. The van der Waals surface area contributed by atoms with Crippen LogP contribution in [0.4, 0.5) is 0 Å². The van der Waals surface area contributed by atoms with Crippen LogP contribution in [0.25, 0.3) is 0 Å². The minimum absolute atomic E-state index is 0.152. The molecule has 0 saturated carbocycles. The van der Waals surface area contributed by atoms with E-state index in [0.29, 0.717) is 0 Å². The third kappa shape index (κ3) is 3.48. The Bertz CT molecular complexity index is 601. The summed E-state index contributed by atoms with van der Waals surface area (Å²) in [6.45, 7) is 6.61. The lowest BCUT2D eigenvalue weighted by atomic mass is 9.86. The zero-order valence-electron chi connectivity index (χ0n) is 11.8. The third-order valence-corrected chi connectivity index (χ3v) is 4.34. The second kappa shape index (κ2) is 5.96. The molecule has 0 saturated heterocycles. The van der Waals surface area contributed by atoms with Gasteiger partial charge in [0.25, 0.3) is 0 Å². The van der Waals surface area contributed by atoms with Crippen LogP contribution in [-0.4, -0.2) is 4.98 Å². The highest BCUT2D eigenvalue weighted by Crippen LogP contribution is 2.29. The second-order valence-corrected chi connectivity index (χ2v) is 7.64. The van der Waals surface area contributed by atoms with Gasteiger partial charge in [-0.15, -0.1) is 0 Å². The van der Waals surface area contributed by atoms with Gasteiger partial charge in [0.15, 0.2) is 0 Å². The van der Waals surface area contributed by atoms with Crippen LogP contribution in [0.1, 0.15) is 43.6 Å². The molecule has 0 aliphatic rings. The van der Waals surface area contributed by atoms with Gasteiger partial charge in [0.1, 0.15) is 0 Å². The van der Waals surface area contributed by atoms with E-state index in [2.05, 4.69) is 81.9 Å². The standard InChI is InChI=1S/C16H18Br2N2/c1-16(2,3)11-6-4-10(5-7-11)14(19)15-13(18)8-12(17)9-20-15/h4-9,14H,19H2,1-3H3. The summed E-state index contributed by atoms with van der Waals surface area (Å²) in [6, 6.07) is 10.2. The molecule has 2 aromatic rings. The molecule has 20 heavy (non-hydrogen) atoms. The molecule has 2 nitrogen and oxygen atoms in total. The number of hydrogen-bond acceptors (Lipinski definition) is 2. The van der Waals surface area contributed by atoms with Gasteiger partial charge < -0.3 is 5.73 Å². The minimum Gasteiger partial charge on any atom is -0.319 e. The molecule has 4 heteroatoms. The number of aromatic nitrogens is 1. The van der Waals surface area contributed by atoms with Crippen molar-refractivity contribution in [3.63, 3.8) is 0 Å². The molecule has 106 valence electrons. The van der Waals surface area contributed by atoms with Crippen molar-refractivity contribution < 1.29 is 0 Å². The van der Waals surface area contributed by atoms with Crippen molar-refractivity contribution in [3.05, 3.63) is 62.3 Å². The Morgan fingerprint density at radius 3 is 2.20 bits per heavy atom. The second-order valence-electron chi connectivity index (χ2n) is 5.87. The van der Waals surface area contributed by atoms with Crippen molar-refractivity contribution in [1.82, 2.24) is 4.98 Å². The van der Waals surface area contributed by atoms with Crippen LogP contribution in [0, 0.1) is 0 Å². The highest BCUT2D eigenvalue weighted by molar-refractivity contribution is 9.11. The molecule has 1 aromatic heterocycles. The van der Waals surface area contributed by atoms with Crippen molar-refractivity contribution in [3.8, 4) is 0 Å². The summed E-state index contributed by atoms with van der Waals surface area (Å²) < 4.78 is 1.85. The van der Waals surface area contributed by atoms with Crippen LogP contribution < -0.4 is 5.73 Å². The lowest BCUT2D eigenvalue weighted by molar-refractivity contribution is 0.589. The molecule has 0 aliphatic carbocycles. The van der Waals surface area contributed by atoms with Crippen molar-refractivity contribution >= 4 is 31.9 Å². The Morgan fingerprint density at radius 1 is 1.10 bits per heavy atom. The fourth-order valence-electron chi connectivity index (χ4n) is 2.00. The molecule has 2 N–H and O–H groups in total. The lowest BCUT2D eigenvalue weighted by Crippen LogP contribution is -2.15. The number of hydrogen-bond donors (Lipinski definition) is 1. The van der Waals surface area contributed by atoms with Crippen LogP contribution in [-0.2, 0) is 5.41 Å². The van der Waals surface area contributed by atoms with E-state index in [4.69, 9.17) is 5.73 Å². The molecule has 0 spiro atoms. The van der Waals surface area contributed by atoms with Gasteiger partial charge in [-0.25, -0.2) is 0 Å². The maximum absolute atomic E-state index is 6.32. The number of halogens is 2. The monoisotopic (exact) mass is 396 g/mol. The lowest BCUT2D eigenvalue weighted by Gasteiger charge is -2.20. The highest BCUT2D eigenvalue weighted by Gasteiger charge is 2.17. The molecule has 0 amide bonds. The smallest absolute Gasteiger partial charge is 0.0758 e. The maximum Gasteiger partial charge on any atom is 0.0758 e. The zero-order chi connectivity index (χ0) is 14.9. The van der Waals surface area contributed by atoms with Crippen molar-refractivity contribution in [1.29, 1.82) is 0 Å². The Balaban J connectivity index is 2.31. The molecule has 1 aromatic carbocycles. The van der Waals surface area contributed by atoms with E-state index in [1.807, 2.05) is 6.07 Å². The van der Waals surface area contributed by atoms with Gasteiger partial charge in [-0.3, -0.25) is 4.98 Å². The van der Waals surface area contributed by atoms with E-state index >= 15 is 0 Å². The first kappa shape index (κ1) is 15.7. The number of rotatable bonds is 2. The van der Waals surface area contributed by atoms with Crippen molar-refractivity contribution in [2.75, 3.05) is 0 Å². The Labute approximate surface area is 137 Å². The number of nitrogens with zero attached hydrogens (tertiary/aromatic N) is 1. The SMILES string of the molecule is CC(C)(C)c1ccc(C(N)c2ncc(Br)cc2Br)cc1. The average molecular weight is 398 g/mol. The van der Waals surface area contributed by atoms with Crippen LogP contribution in [0.2, 0.25) is 0 Å². The van der Waals surface area contributed by atoms with Gasteiger partial charge in [-0.1, -0.05) is 45.0 Å². The van der Waals surface area contributed by atoms with Crippen LogP contribution >= 0.6 is 31.9 Å². The highest BCUT2D eigenvalue weighted by atomic mass is 79.9. The van der Waals surface area contributed by atoms with E-state index in [0.717, 1.165) is 20.2 Å². The largest absolute Gasteiger partial charge is 0.319 e. The van der Waals surface area contributed by atoms with Crippen LogP contribution in [0.3, 0.4) is 0 Å². The number of pyridine rings is 1. The molecule has 2 rings (SSSR count). The van der Waals surface area contributed by atoms with E-state index in [9.17, 15) is 0 Å². The van der Waals surface area contributed by atoms with Crippen LogP contribution in [0.5, 0.6) is 0 Å². The van der Waals surface area contributed by atoms with Gasteiger partial charge in [0.2, 0.25) is 0 Å². The molecule has 1 unspecified atom stereocenters. The van der Waals surface area contributed by atoms with Crippen molar-refractivity contribution in [2.24, 2.45) is 5.73 Å². The summed E-state index contributed by atoms with van der Waals surface area (Å²) in [5.41, 5.74) is 9.68. The summed E-state index contributed by atoms with van der Waals surface area (Å²) in [5.74, 6) is 0. The fourth-order valence-corrected chi connectivity index (χ4v) is 3.24. The van der Waals surface area contributed by atoms with Gasteiger partial charge in [-0.05, 0) is 54.5 Å². The van der Waals surface area contributed by atoms with E-state index < -0.39 is 0 Å². The van der Waals surface area contributed by atoms with Crippen LogP contribution in [0.15, 0.2) is 45.5 Å². The third-order valence-electron chi connectivity index (χ3n) is 3.27. The zero-order valence-corrected chi connectivity index (χ0v) is 15.0. The summed E-state index contributed by atoms with van der Waals surface area (Å²) in [7, 11) is 0. The molecule has 0 fully saturated rings. The molecular formula is C16H18Br2N2. The van der Waals surface area contributed by atoms with Gasteiger partial charge >= 0.3 is 0 Å². The molecule has 1 atom stereocenters. The number of nitrogens with two attached hydrogens (primary N) is 1. The summed E-state index contributed by atoms with van der Waals surface area (Å²) in [6.07, 6.45) is 1.77. The molecular weight excluding hydrogens is 380 g/mol. The summed E-state index contributed by atoms with van der Waals surface area (Å²) in [4.78, 5) is 4.41. The van der Waals surface area contributed by atoms with Gasteiger partial charge in [0, 0.05) is 15.1 Å². The summed E-state index contributed by atoms with van der Waals surface area (Å²) >= 11 is 6.92. The first-order chi connectivity index (χ1) is 9.29. The first-order valence-corrected chi connectivity index (χ1v) is 8.04. The molecule has 0 bridgehead atoms. The Hall–Kier alpha value is -0.710. The summed E-state index contributed by atoms with van der Waals surface area (Å²) in [5, 5.41) is 0. The normalized spacial score (nSPS) is 13.3. The van der Waals surface area contributed by atoms with Crippen molar-refractivity contribution in [2.45, 2.75) is 32.2 Å². The number of benzene rings is 1. The Kier molecular flexibility index (Phi) is 4.67. The van der Waals surface area contributed by atoms with E-state index in [1.165, 1.54) is 5.56 Å². The first-order valence-electron chi connectivity index (χ1n) is 6.46. The van der Waals surface area contributed by atoms with E-state index in [-0.39, 0.29) is 11.5 Å². The quantitative estimate of drug-likeness (QED) is 0.778. The maximum atomic E-state index is 6.32.